The van der Waals surface area contributed by atoms with Gasteiger partial charge >= 0.3 is 0 Å². The zero-order valence-corrected chi connectivity index (χ0v) is 6.72. The zero-order chi connectivity index (χ0) is 8.04. The first kappa shape index (κ1) is 9.62. The summed E-state index contributed by atoms with van der Waals surface area (Å²) >= 11 is 0. The number of hydrogen-bond donors (Lipinski definition) is 0. The number of methoxy groups -OCH3 is 2. The maximum absolute atomic E-state index is 5.11. The van der Waals surface area contributed by atoms with Crippen LogP contribution in [0.3, 0.4) is 0 Å². The minimum atomic E-state index is -0.936. The molecule has 0 N–H and O–H groups in total. The lowest BCUT2D eigenvalue weighted by Gasteiger charge is -2.25. The third-order valence-electron chi connectivity index (χ3n) is 1.20. The molecule has 0 aliphatic rings. The molecule has 3 nitrogen and oxygen atoms in total. The molecule has 0 aliphatic carbocycles. The van der Waals surface area contributed by atoms with Gasteiger partial charge in [-0.05, 0) is 0 Å². The predicted octanol–water partition coefficient (Wildman–Crippen LogP) is 1.16. The summed E-state index contributed by atoms with van der Waals surface area (Å²) in [5.74, 6) is -0.936. The summed E-state index contributed by atoms with van der Waals surface area (Å²) in [5, 5.41) is 0. The second-order valence-electron chi connectivity index (χ2n) is 1.87. The van der Waals surface area contributed by atoms with E-state index >= 15 is 0 Å². The first-order valence-corrected chi connectivity index (χ1v) is 3.03. The van der Waals surface area contributed by atoms with Crippen molar-refractivity contribution in [1.29, 1.82) is 0 Å². The first-order chi connectivity index (χ1) is 4.68. The van der Waals surface area contributed by atoms with Crippen LogP contribution in [0.25, 0.3) is 0 Å². The maximum Gasteiger partial charge on any atom is 0.279 e. The average Bonchev–Trinajstić information content (AvgIpc) is 2.00. The molecule has 0 bridgehead atoms. The molecule has 0 unspecified atom stereocenters. The van der Waals surface area contributed by atoms with Gasteiger partial charge in [0.2, 0.25) is 0 Å². The summed E-state index contributed by atoms with van der Waals surface area (Å²) in [6.07, 6.45) is 1.64. The fraction of sp³-hybridized carbons (Fsp3) is 0.714. The summed E-state index contributed by atoms with van der Waals surface area (Å²) in [4.78, 5) is 0. The molecule has 0 saturated heterocycles. The van der Waals surface area contributed by atoms with Gasteiger partial charge in [0.15, 0.2) is 0 Å². The Morgan fingerprint density at radius 1 is 1.40 bits per heavy atom. The Balaban J connectivity index is 3.68. The minimum absolute atomic E-state index is 0.415. The number of rotatable bonds is 5. The topological polar surface area (TPSA) is 27.7 Å². The lowest BCUT2D eigenvalue weighted by molar-refractivity contribution is -0.346. The van der Waals surface area contributed by atoms with E-state index < -0.39 is 5.97 Å². The number of hydrogen-bond acceptors (Lipinski definition) is 3. The maximum atomic E-state index is 5.11. The van der Waals surface area contributed by atoms with Crippen molar-refractivity contribution in [2.75, 3.05) is 20.8 Å². The van der Waals surface area contributed by atoms with Crippen molar-refractivity contribution in [2.45, 2.75) is 12.9 Å². The molecule has 0 spiro atoms. The quantitative estimate of drug-likeness (QED) is 0.430. The van der Waals surface area contributed by atoms with Crippen molar-refractivity contribution in [3.8, 4) is 0 Å². The Morgan fingerprint density at radius 3 is 2.20 bits per heavy atom. The van der Waals surface area contributed by atoms with E-state index in [-0.39, 0.29) is 0 Å². The monoisotopic (exact) mass is 146 g/mol. The van der Waals surface area contributed by atoms with Gasteiger partial charge in [0.25, 0.3) is 5.97 Å². The van der Waals surface area contributed by atoms with Gasteiger partial charge < -0.3 is 14.2 Å². The molecule has 10 heavy (non-hydrogen) atoms. The van der Waals surface area contributed by atoms with E-state index in [9.17, 15) is 0 Å². The highest BCUT2D eigenvalue weighted by Gasteiger charge is 2.22. The third kappa shape index (κ3) is 2.96. The van der Waals surface area contributed by atoms with Gasteiger partial charge in [-0.3, -0.25) is 0 Å². The smallest absolute Gasteiger partial charge is 0.279 e. The standard InChI is InChI=1S/C7H14O3/c1-5-6-10-7(2,8-3)9-4/h5H,1,6H2,2-4H3. The Morgan fingerprint density at radius 2 is 1.90 bits per heavy atom. The average molecular weight is 146 g/mol. The molecule has 0 aromatic carbocycles. The van der Waals surface area contributed by atoms with Crippen molar-refractivity contribution >= 4 is 0 Å². The Kier molecular flexibility index (Phi) is 4.27. The molecule has 0 aromatic heterocycles. The van der Waals surface area contributed by atoms with Crippen LogP contribution < -0.4 is 0 Å². The number of ether oxygens (including phenoxy) is 3. The van der Waals surface area contributed by atoms with Crippen molar-refractivity contribution < 1.29 is 14.2 Å². The van der Waals surface area contributed by atoms with Crippen LogP contribution in [-0.4, -0.2) is 26.8 Å². The molecular weight excluding hydrogens is 132 g/mol. The van der Waals surface area contributed by atoms with Crippen molar-refractivity contribution in [3.63, 3.8) is 0 Å². The summed E-state index contributed by atoms with van der Waals surface area (Å²) in [6.45, 7) is 5.60. The summed E-state index contributed by atoms with van der Waals surface area (Å²) < 4.78 is 14.9. The molecule has 0 aliphatic heterocycles. The Labute approximate surface area is 61.6 Å². The van der Waals surface area contributed by atoms with Crippen LogP contribution in [0, 0.1) is 0 Å². The molecule has 60 valence electrons. The predicted molar refractivity (Wildman–Crippen MR) is 38.6 cm³/mol. The van der Waals surface area contributed by atoms with Gasteiger partial charge in [-0.1, -0.05) is 6.08 Å². The second-order valence-corrected chi connectivity index (χ2v) is 1.87. The molecule has 0 rings (SSSR count). The lowest BCUT2D eigenvalue weighted by atomic mass is 10.6. The van der Waals surface area contributed by atoms with Gasteiger partial charge in [0.05, 0.1) is 6.61 Å². The van der Waals surface area contributed by atoms with E-state index in [1.54, 1.807) is 13.0 Å². The lowest BCUT2D eigenvalue weighted by Crippen LogP contribution is -2.33. The van der Waals surface area contributed by atoms with E-state index in [2.05, 4.69) is 6.58 Å². The largest absolute Gasteiger partial charge is 0.331 e. The molecule has 0 amide bonds. The van der Waals surface area contributed by atoms with E-state index in [1.807, 2.05) is 0 Å². The molecular formula is C7H14O3. The Hall–Kier alpha value is -0.380. The van der Waals surface area contributed by atoms with E-state index in [0.717, 1.165) is 0 Å². The summed E-state index contributed by atoms with van der Waals surface area (Å²) in [5.41, 5.74) is 0. The minimum Gasteiger partial charge on any atom is -0.331 e. The molecule has 0 saturated carbocycles. The fourth-order valence-corrected chi connectivity index (χ4v) is 0.411. The van der Waals surface area contributed by atoms with Gasteiger partial charge in [-0.15, -0.1) is 6.58 Å². The van der Waals surface area contributed by atoms with Crippen LogP contribution in [0.1, 0.15) is 6.92 Å². The normalized spacial score (nSPS) is 11.5. The van der Waals surface area contributed by atoms with Crippen LogP contribution in [0.5, 0.6) is 0 Å². The van der Waals surface area contributed by atoms with Crippen LogP contribution in [0.2, 0.25) is 0 Å². The molecule has 0 aromatic rings. The third-order valence-corrected chi connectivity index (χ3v) is 1.20. The molecule has 0 fully saturated rings. The fourth-order valence-electron chi connectivity index (χ4n) is 0.411. The summed E-state index contributed by atoms with van der Waals surface area (Å²) in [7, 11) is 3.04. The van der Waals surface area contributed by atoms with Crippen LogP contribution in [-0.2, 0) is 14.2 Å². The first-order valence-electron chi connectivity index (χ1n) is 3.03. The van der Waals surface area contributed by atoms with E-state index in [4.69, 9.17) is 14.2 Å². The van der Waals surface area contributed by atoms with Crippen molar-refractivity contribution in [1.82, 2.24) is 0 Å². The zero-order valence-electron chi connectivity index (χ0n) is 6.72. The molecule has 3 heteroatoms. The highest BCUT2D eigenvalue weighted by molar-refractivity contribution is 4.65. The van der Waals surface area contributed by atoms with Gasteiger partial charge in [-0.2, -0.15) is 0 Å². The molecule has 0 atom stereocenters. The SMILES string of the molecule is C=CCOC(C)(OC)OC. The van der Waals surface area contributed by atoms with Gasteiger partial charge in [-0.25, -0.2) is 0 Å². The van der Waals surface area contributed by atoms with Crippen LogP contribution >= 0.6 is 0 Å². The Bertz CT molecular complexity index is 97.0. The van der Waals surface area contributed by atoms with Gasteiger partial charge in [0.1, 0.15) is 0 Å². The molecule has 0 heterocycles. The van der Waals surface area contributed by atoms with Crippen LogP contribution in [0.15, 0.2) is 12.7 Å². The highest BCUT2D eigenvalue weighted by Crippen LogP contribution is 2.10. The van der Waals surface area contributed by atoms with E-state index in [1.165, 1.54) is 14.2 Å². The van der Waals surface area contributed by atoms with E-state index in [0.29, 0.717) is 6.61 Å². The van der Waals surface area contributed by atoms with Crippen molar-refractivity contribution in [2.24, 2.45) is 0 Å². The molecule has 0 radical (unpaired) electrons. The highest BCUT2D eigenvalue weighted by atomic mass is 16.9. The summed E-state index contributed by atoms with van der Waals surface area (Å²) in [6, 6.07) is 0. The van der Waals surface area contributed by atoms with Crippen molar-refractivity contribution in [3.05, 3.63) is 12.7 Å². The second kappa shape index (κ2) is 4.44. The van der Waals surface area contributed by atoms with Crippen LogP contribution in [0.4, 0.5) is 0 Å². The van der Waals surface area contributed by atoms with Gasteiger partial charge in [0, 0.05) is 21.1 Å².